The maximum atomic E-state index is 12.6. The molecule has 19 heavy (non-hydrogen) atoms. The molecule has 2 aromatic heterocycles. The number of rotatable bonds is 1. The molecule has 3 aromatic rings. The van der Waals surface area contributed by atoms with E-state index in [0.717, 1.165) is 11.3 Å². The van der Waals surface area contributed by atoms with Crippen LogP contribution in [0.5, 0.6) is 0 Å². The first-order chi connectivity index (χ1) is 8.95. The van der Waals surface area contributed by atoms with Gasteiger partial charge in [-0.2, -0.15) is 22.8 Å². The highest BCUT2D eigenvalue weighted by atomic mass is 35.5. The van der Waals surface area contributed by atoms with Crippen molar-refractivity contribution < 1.29 is 13.2 Å². The molecular weight excluding hydrogens is 301 g/mol. The normalized spacial score (nSPS) is 12.2. The first kappa shape index (κ1) is 12.4. The minimum absolute atomic E-state index is 0.0947. The van der Waals surface area contributed by atoms with Crippen molar-refractivity contribution in [2.75, 3.05) is 0 Å². The van der Waals surface area contributed by atoms with E-state index in [1.807, 2.05) is 0 Å². The second-order valence-electron chi connectivity index (χ2n) is 3.63. The third-order valence-corrected chi connectivity index (χ3v) is 3.54. The van der Waals surface area contributed by atoms with Crippen molar-refractivity contribution >= 4 is 27.9 Å². The van der Waals surface area contributed by atoms with Gasteiger partial charge in [-0.1, -0.05) is 35.1 Å². The zero-order valence-electron chi connectivity index (χ0n) is 9.02. The van der Waals surface area contributed by atoms with Crippen LogP contribution in [-0.2, 0) is 6.18 Å². The number of alkyl halides is 3. The summed E-state index contributed by atoms with van der Waals surface area (Å²) < 4.78 is 38.6. The van der Waals surface area contributed by atoms with E-state index < -0.39 is 12.0 Å². The molecule has 3 rings (SSSR count). The number of fused-ring (bicyclic) bond motifs is 1. The Morgan fingerprint density at radius 1 is 1.11 bits per heavy atom. The van der Waals surface area contributed by atoms with Crippen molar-refractivity contribution in [1.29, 1.82) is 0 Å². The average Bonchev–Trinajstić information content (AvgIpc) is 2.87. The van der Waals surface area contributed by atoms with Crippen molar-refractivity contribution in [2.24, 2.45) is 0 Å². The van der Waals surface area contributed by atoms with Gasteiger partial charge in [-0.25, -0.2) is 0 Å². The molecule has 0 saturated heterocycles. The molecule has 0 unspecified atom stereocenters. The smallest absolute Gasteiger partial charge is 0.178 e. The molecule has 9 heteroatoms. The van der Waals surface area contributed by atoms with E-state index in [-0.39, 0.29) is 4.96 Å². The Kier molecular flexibility index (Phi) is 2.72. The van der Waals surface area contributed by atoms with Gasteiger partial charge in [0.15, 0.2) is 0 Å². The maximum Gasteiger partial charge on any atom is 0.453 e. The fraction of sp³-hybridized carbons (Fsp3) is 0.100. The van der Waals surface area contributed by atoms with Gasteiger partial charge in [-0.15, -0.1) is 10.2 Å². The van der Waals surface area contributed by atoms with E-state index in [2.05, 4.69) is 15.3 Å². The van der Waals surface area contributed by atoms with Crippen LogP contribution >= 0.6 is 22.9 Å². The van der Waals surface area contributed by atoms with Crippen LogP contribution in [0.4, 0.5) is 13.2 Å². The fourth-order valence-corrected chi connectivity index (χ4v) is 2.47. The standard InChI is InChI=1S/C10H4ClF3N4S/c11-6-3-1-5(2-4-6)7-17-18-8(10(12,13)14)15-16-9(18)19-7/h1-4H. The number of aromatic nitrogens is 4. The number of halogens is 4. The lowest BCUT2D eigenvalue weighted by molar-refractivity contribution is -0.146. The molecule has 0 radical (unpaired) electrons. The molecule has 0 bridgehead atoms. The van der Waals surface area contributed by atoms with Crippen LogP contribution in [0.1, 0.15) is 5.82 Å². The van der Waals surface area contributed by atoms with Gasteiger partial charge in [-0.3, -0.25) is 0 Å². The summed E-state index contributed by atoms with van der Waals surface area (Å²) in [5, 5.41) is 11.4. The molecule has 0 N–H and O–H groups in total. The zero-order chi connectivity index (χ0) is 13.6. The van der Waals surface area contributed by atoms with Crippen LogP contribution in [0.2, 0.25) is 5.02 Å². The van der Waals surface area contributed by atoms with Crippen molar-refractivity contribution in [2.45, 2.75) is 6.18 Å². The number of benzene rings is 1. The molecule has 1 aromatic carbocycles. The molecule has 0 amide bonds. The summed E-state index contributed by atoms with van der Waals surface area (Å²) in [5.74, 6) is -1.13. The minimum atomic E-state index is -4.58. The second-order valence-corrected chi connectivity index (χ2v) is 5.02. The van der Waals surface area contributed by atoms with Crippen molar-refractivity contribution in [3.8, 4) is 10.6 Å². The Morgan fingerprint density at radius 2 is 1.79 bits per heavy atom. The van der Waals surface area contributed by atoms with Crippen LogP contribution in [0.3, 0.4) is 0 Å². The van der Waals surface area contributed by atoms with Crippen molar-refractivity contribution in [3.63, 3.8) is 0 Å². The lowest BCUT2D eigenvalue weighted by atomic mass is 10.2. The second kappa shape index (κ2) is 4.17. The predicted molar refractivity (Wildman–Crippen MR) is 64.1 cm³/mol. The van der Waals surface area contributed by atoms with Crippen LogP contribution in [0, 0.1) is 0 Å². The zero-order valence-corrected chi connectivity index (χ0v) is 10.6. The molecule has 0 aliphatic carbocycles. The summed E-state index contributed by atoms with van der Waals surface area (Å²) in [6.45, 7) is 0. The minimum Gasteiger partial charge on any atom is -0.178 e. The first-order valence-corrected chi connectivity index (χ1v) is 6.20. The van der Waals surface area contributed by atoms with Crippen molar-refractivity contribution in [1.82, 2.24) is 19.8 Å². The molecule has 0 aliphatic heterocycles. The number of hydrogen-bond donors (Lipinski definition) is 0. The molecule has 98 valence electrons. The lowest BCUT2D eigenvalue weighted by Gasteiger charge is -2.00. The van der Waals surface area contributed by atoms with Gasteiger partial charge in [0.05, 0.1) is 0 Å². The molecule has 2 heterocycles. The summed E-state index contributed by atoms with van der Waals surface area (Å²) in [4.78, 5) is 0.0947. The molecule has 0 fully saturated rings. The molecular formula is C10H4ClF3N4S. The Balaban J connectivity index is 2.12. The van der Waals surface area contributed by atoms with E-state index in [0.29, 0.717) is 20.1 Å². The third-order valence-electron chi connectivity index (χ3n) is 2.34. The van der Waals surface area contributed by atoms with Gasteiger partial charge in [0.2, 0.25) is 4.96 Å². The molecule has 0 atom stereocenters. The van der Waals surface area contributed by atoms with E-state index in [9.17, 15) is 13.2 Å². The van der Waals surface area contributed by atoms with E-state index in [1.54, 1.807) is 24.3 Å². The number of nitrogens with zero attached hydrogens (tertiary/aromatic N) is 4. The van der Waals surface area contributed by atoms with Gasteiger partial charge in [0, 0.05) is 10.6 Å². The van der Waals surface area contributed by atoms with Gasteiger partial charge < -0.3 is 0 Å². The summed E-state index contributed by atoms with van der Waals surface area (Å²) in [6.07, 6.45) is -4.58. The number of hydrogen-bond acceptors (Lipinski definition) is 4. The fourth-order valence-electron chi connectivity index (χ4n) is 1.50. The summed E-state index contributed by atoms with van der Waals surface area (Å²) in [5.41, 5.74) is 0.674. The lowest BCUT2D eigenvalue weighted by Crippen LogP contribution is -2.11. The van der Waals surface area contributed by atoms with Crippen LogP contribution in [-0.4, -0.2) is 19.8 Å². The molecule has 0 spiro atoms. The van der Waals surface area contributed by atoms with Crippen LogP contribution < -0.4 is 0 Å². The summed E-state index contributed by atoms with van der Waals surface area (Å²) in [6, 6.07) is 6.65. The predicted octanol–water partition coefficient (Wildman–Crippen LogP) is 3.53. The highest BCUT2D eigenvalue weighted by Crippen LogP contribution is 2.31. The monoisotopic (exact) mass is 304 g/mol. The van der Waals surface area contributed by atoms with Gasteiger partial charge in [0.1, 0.15) is 5.01 Å². The molecule has 0 saturated carbocycles. The third kappa shape index (κ3) is 2.17. The van der Waals surface area contributed by atoms with E-state index >= 15 is 0 Å². The van der Waals surface area contributed by atoms with Gasteiger partial charge in [-0.05, 0) is 12.1 Å². The van der Waals surface area contributed by atoms with E-state index in [1.165, 1.54) is 0 Å². The van der Waals surface area contributed by atoms with Crippen LogP contribution in [0.25, 0.3) is 15.5 Å². The highest BCUT2D eigenvalue weighted by Gasteiger charge is 2.38. The Morgan fingerprint density at radius 3 is 2.42 bits per heavy atom. The topological polar surface area (TPSA) is 43.1 Å². The largest absolute Gasteiger partial charge is 0.453 e. The highest BCUT2D eigenvalue weighted by molar-refractivity contribution is 7.19. The SMILES string of the molecule is FC(F)(F)c1nnc2sc(-c3ccc(Cl)cc3)nn12. The molecule has 4 nitrogen and oxygen atoms in total. The average molecular weight is 305 g/mol. The van der Waals surface area contributed by atoms with Crippen LogP contribution in [0.15, 0.2) is 24.3 Å². The van der Waals surface area contributed by atoms with E-state index in [4.69, 9.17) is 11.6 Å². The maximum absolute atomic E-state index is 12.6. The van der Waals surface area contributed by atoms with Crippen molar-refractivity contribution in [3.05, 3.63) is 35.1 Å². The Hall–Kier alpha value is -1.67. The quantitative estimate of drug-likeness (QED) is 0.691. The van der Waals surface area contributed by atoms with Gasteiger partial charge in [0.25, 0.3) is 5.82 Å². The summed E-state index contributed by atoms with van der Waals surface area (Å²) in [7, 11) is 0. The Bertz CT molecular complexity index is 731. The first-order valence-electron chi connectivity index (χ1n) is 5.00. The molecule has 0 aliphatic rings. The Labute approximate surface area is 113 Å². The van der Waals surface area contributed by atoms with Gasteiger partial charge >= 0.3 is 6.18 Å². The summed E-state index contributed by atoms with van der Waals surface area (Å²) >= 11 is 6.78.